The Balaban J connectivity index is 0.973. The van der Waals surface area contributed by atoms with Crippen LogP contribution in [0.5, 0.6) is 0 Å². The first-order valence-corrected chi connectivity index (χ1v) is 15.0. The number of ether oxygens (including phenoxy) is 1. The fraction of sp³-hybridized carbons (Fsp3) is 0.469. The Hall–Kier alpha value is -3.70. The van der Waals surface area contributed by atoms with Crippen LogP contribution in [0.25, 0.3) is 0 Å². The molecule has 11 heteroatoms. The maximum Gasteiger partial charge on any atom is 0.416 e. The summed E-state index contributed by atoms with van der Waals surface area (Å²) >= 11 is 0. The maximum absolute atomic E-state index is 13.3. The van der Waals surface area contributed by atoms with Crippen LogP contribution >= 0.6 is 0 Å². The number of hydrogen-bond acceptors (Lipinski definition) is 7. The highest BCUT2D eigenvalue weighted by atomic mass is 19.4. The largest absolute Gasteiger partial charge is 0.483 e. The molecule has 8 nitrogen and oxygen atoms in total. The first-order chi connectivity index (χ1) is 20.7. The first kappa shape index (κ1) is 29.4. The summed E-state index contributed by atoms with van der Waals surface area (Å²) < 4.78 is 43.8. The SMILES string of the molecule is COC1=CC=C(CN2CCC(C3=CN4C=C(C(=O)N5CCN(Cc6ccc(C(F)(F)F)cc6)CC5)NC4C=C3)CC2)CN1. The second-order valence-corrected chi connectivity index (χ2v) is 11.8. The molecule has 5 heterocycles. The minimum absolute atomic E-state index is 0.0146. The lowest BCUT2D eigenvalue weighted by Crippen LogP contribution is -2.49. The van der Waals surface area contributed by atoms with Crippen LogP contribution in [0.4, 0.5) is 13.2 Å². The van der Waals surface area contributed by atoms with Gasteiger partial charge < -0.3 is 25.2 Å². The van der Waals surface area contributed by atoms with Crippen LogP contribution in [0.15, 0.2) is 83.7 Å². The third kappa shape index (κ3) is 6.94. The summed E-state index contributed by atoms with van der Waals surface area (Å²) in [6, 6.07) is 5.32. The number of carbonyl (C=O) groups excluding carboxylic acids is 1. The zero-order valence-electron chi connectivity index (χ0n) is 24.4. The number of halogens is 3. The molecule has 2 fully saturated rings. The Morgan fingerprint density at radius 3 is 2.33 bits per heavy atom. The third-order valence-corrected chi connectivity index (χ3v) is 8.91. The van der Waals surface area contributed by atoms with Gasteiger partial charge in [0, 0.05) is 58.2 Å². The number of alkyl halides is 3. The molecule has 5 aliphatic heterocycles. The maximum atomic E-state index is 13.3. The van der Waals surface area contributed by atoms with Crippen molar-refractivity contribution in [3.05, 3.63) is 94.8 Å². The Labute approximate surface area is 250 Å². The number of benzene rings is 1. The predicted octanol–water partition coefficient (Wildman–Crippen LogP) is 3.61. The highest BCUT2D eigenvalue weighted by Crippen LogP contribution is 2.31. The van der Waals surface area contributed by atoms with Crippen LogP contribution < -0.4 is 10.6 Å². The van der Waals surface area contributed by atoms with E-state index in [-0.39, 0.29) is 12.1 Å². The normalized spacial score (nSPS) is 23.5. The summed E-state index contributed by atoms with van der Waals surface area (Å²) in [7, 11) is 1.67. The number of methoxy groups -OCH3 is 1. The van der Waals surface area contributed by atoms with Crippen LogP contribution in [0.3, 0.4) is 0 Å². The molecule has 0 aromatic heterocycles. The number of carbonyl (C=O) groups is 1. The van der Waals surface area contributed by atoms with Crippen LogP contribution in [-0.4, -0.2) is 91.1 Å². The summed E-state index contributed by atoms with van der Waals surface area (Å²) in [5, 5.41) is 6.66. The number of nitrogens with zero attached hydrogens (tertiary/aromatic N) is 4. The van der Waals surface area contributed by atoms with Crippen molar-refractivity contribution >= 4 is 5.91 Å². The Morgan fingerprint density at radius 1 is 0.953 bits per heavy atom. The van der Waals surface area contributed by atoms with Crippen LogP contribution in [0.1, 0.15) is 24.0 Å². The molecule has 2 N–H and O–H groups in total. The van der Waals surface area contributed by atoms with Crippen molar-refractivity contribution in [2.75, 3.05) is 59.5 Å². The molecule has 230 valence electrons. The molecule has 1 aromatic rings. The van der Waals surface area contributed by atoms with Crippen molar-refractivity contribution in [2.45, 2.75) is 31.7 Å². The fourth-order valence-electron chi connectivity index (χ4n) is 6.35. The van der Waals surface area contributed by atoms with Crippen LogP contribution in [0, 0.1) is 5.92 Å². The van der Waals surface area contributed by atoms with Gasteiger partial charge in [0.1, 0.15) is 11.9 Å². The summed E-state index contributed by atoms with van der Waals surface area (Å²) in [4.78, 5) is 22.0. The van der Waals surface area contributed by atoms with Crippen molar-refractivity contribution in [3.8, 4) is 0 Å². The molecule has 1 unspecified atom stereocenters. The standard InChI is InChI=1S/C32H39F3N6O2/c1-43-30-9-4-24(18-36-30)20-38-12-10-25(11-13-38)26-5-8-29-37-28(22-41(29)21-26)31(42)40-16-14-39(15-17-40)19-23-2-6-27(7-3-23)32(33,34)35/h2-9,21-22,25,29,36-37H,10-20H2,1H3. The third-order valence-electron chi connectivity index (χ3n) is 8.91. The number of hydrogen-bond donors (Lipinski definition) is 2. The van der Waals surface area contributed by atoms with Crippen LogP contribution in [-0.2, 0) is 22.3 Å². The minimum Gasteiger partial charge on any atom is -0.483 e. The van der Waals surface area contributed by atoms with Gasteiger partial charge in [-0.3, -0.25) is 14.6 Å². The number of likely N-dealkylation sites (tertiary alicyclic amines) is 1. The molecule has 0 spiro atoms. The van der Waals surface area contributed by atoms with E-state index < -0.39 is 11.7 Å². The van der Waals surface area contributed by atoms with Gasteiger partial charge in [0.2, 0.25) is 0 Å². The second kappa shape index (κ2) is 12.5. The lowest BCUT2D eigenvalue weighted by Gasteiger charge is -2.35. The Morgan fingerprint density at radius 2 is 1.67 bits per heavy atom. The van der Waals surface area contributed by atoms with Gasteiger partial charge in [-0.05, 0) is 72.8 Å². The van der Waals surface area contributed by atoms with E-state index in [1.807, 2.05) is 17.2 Å². The minimum atomic E-state index is -4.33. The van der Waals surface area contributed by atoms with E-state index in [2.05, 4.69) is 49.8 Å². The summed E-state index contributed by atoms with van der Waals surface area (Å²) in [5.74, 6) is 1.29. The lowest BCUT2D eigenvalue weighted by atomic mass is 9.88. The number of fused-ring (bicyclic) bond motifs is 1. The highest BCUT2D eigenvalue weighted by Gasteiger charge is 2.33. The molecule has 1 amide bonds. The lowest BCUT2D eigenvalue weighted by molar-refractivity contribution is -0.137. The van der Waals surface area contributed by atoms with Crippen LogP contribution in [0.2, 0.25) is 0 Å². The van der Waals surface area contributed by atoms with E-state index in [0.29, 0.717) is 44.3 Å². The zero-order valence-corrected chi connectivity index (χ0v) is 24.4. The van der Waals surface area contributed by atoms with E-state index in [1.54, 1.807) is 7.11 Å². The van der Waals surface area contributed by atoms with Gasteiger partial charge in [-0.25, -0.2) is 0 Å². The van der Waals surface area contributed by atoms with E-state index in [1.165, 1.54) is 23.3 Å². The molecular weight excluding hydrogens is 557 g/mol. The number of amides is 1. The number of piperidine rings is 1. The van der Waals surface area contributed by atoms with Gasteiger partial charge in [0.05, 0.1) is 12.7 Å². The van der Waals surface area contributed by atoms with E-state index in [4.69, 9.17) is 4.74 Å². The number of allylic oxidation sites excluding steroid dienone is 4. The van der Waals surface area contributed by atoms with Gasteiger partial charge >= 0.3 is 6.18 Å². The topological polar surface area (TPSA) is 63.3 Å². The highest BCUT2D eigenvalue weighted by molar-refractivity contribution is 5.93. The molecular formula is C32H39F3N6O2. The summed E-state index contributed by atoms with van der Waals surface area (Å²) in [5.41, 5.74) is 3.47. The molecule has 1 aromatic carbocycles. The molecule has 0 bridgehead atoms. The number of dihydropyridines is 1. The molecule has 0 aliphatic carbocycles. The van der Waals surface area contributed by atoms with Crippen molar-refractivity contribution in [1.29, 1.82) is 0 Å². The monoisotopic (exact) mass is 596 g/mol. The predicted molar refractivity (Wildman–Crippen MR) is 158 cm³/mol. The quantitative estimate of drug-likeness (QED) is 0.499. The van der Waals surface area contributed by atoms with Crippen molar-refractivity contribution in [3.63, 3.8) is 0 Å². The molecule has 0 radical (unpaired) electrons. The smallest absolute Gasteiger partial charge is 0.416 e. The Bertz CT molecular complexity index is 1330. The van der Waals surface area contributed by atoms with E-state index >= 15 is 0 Å². The molecule has 2 saturated heterocycles. The number of nitrogens with one attached hydrogen (secondary N) is 2. The molecule has 6 rings (SSSR count). The van der Waals surface area contributed by atoms with Gasteiger partial charge in [-0.1, -0.05) is 24.3 Å². The van der Waals surface area contributed by atoms with Gasteiger partial charge in [0.25, 0.3) is 5.91 Å². The van der Waals surface area contributed by atoms with Crippen molar-refractivity contribution in [1.82, 2.24) is 30.2 Å². The number of rotatable bonds is 7. The summed E-state index contributed by atoms with van der Waals surface area (Å²) in [6.45, 7) is 6.98. The van der Waals surface area contributed by atoms with E-state index in [0.717, 1.165) is 62.6 Å². The zero-order chi connectivity index (χ0) is 30.0. The molecule has 0 saturated carbocycles. The average molecular weight is 597 g/mol. The number of piperazine rings is 1. The molecule has 1 atom stereocenters. The van der Waals surface area contributed by atoms with Gasteiger partial charge in [-0.15, -0.1) is 0 Å². The van der Waals surface area contributed by atoms with Crippen molar-refractivity contribution < 1.29 is 22.7 Å². The Kier molecular flexibility index (Phi) is 8.54. The second-order valence-electron chi connectivity index (χ2n) is 11.8. The molecule has 5 aliphatic rings. The average Bonchev–Trinajstić information content (AvgIpc) is 3.45. The van der Waals surface area contributed by atoms with Gasteiger partial charge in [0.15, 0.2) is 5.88 Å². The molecule has 43 heavy (non-hydrogen) atoms. The first-order valence-electron chi connectivity index (χ1n) is 15.0. The van der Waals surface area contributed by atoms with E-state index in [9.17, 15) is 18.0 Å². The van der Waals surface area contributed by atoms with Crippen molar-refractivity contribution in [2.24, 2.45) is 5.92 Å². The fourth-order valence-corrected chi connectivity index (χ4v) is 6.35. The summed E-state index contributed by atoms with van der Waals surface area (Å²) in [6.07, 6.45) is 10.4. The van der Waals surface area contributed by atoms with Gasteiger partial charge in [-0.2, -0.15) is 13.2 Å².